The zero-order valence-corrected chi connectivity index (χ0v) is 14.1. The summed E-state index contributed by atoms with van der Waals surface area (Å²) in [4.78, 5) is 16.8. The van der Waals surface area contributed by atoms with Crippen molar-refractivity contribution in [3.8, 4) is 0 Å². The number of urea groups is 1. The van der Waals surface area contributed by atoms with Crippen molar-refractivity contribution in [2.75, 3.05) is 6.61 Å². The zero-order chi connectivity index (χ0) is 16.7. The van der Waals surface area contributed by atoms with Crippen LogP contribution in [0.1, 0.15) is 25.8 Å². The van der Waals surface area contributed by atoms with Gasteiger partial charge in [-0.1, -0.05) is 38.1 Å². The Balaban J connectivity index is 1.40. The van der Waals surface area contributed by atoms with E-state index in [1.807, 2.05) is 30.3 Å². The molecule has 2 heterocycles. The lowest BCUT2D eigenvalue weighted by molar-refractivity contribution is -0.108. The van der Waals surface area contributed by atoms with Crippen LogP contribution < -0.4 is 10.6 Å². The van der Waals surface area contributed by atoms with Crippen LogP contribution in [0, 0.1) is 11.3 Å². The highest BCUT2D eigenvalue weighted by atomic mass is 16.5. The van der Waals surface area contributed by atoms with Gasteiger partial charge in [-0.25, -0.2) is 4.79 Å². The summed E-state index contributed by atoms with van der Waals surface area (Å²) < 4.78 is 5.78. The first-order valence-electron chi connectivity index (χ1n) is 8.56. The summed E-state index contributed by atoms with van der Waals surface area (Å²) >= 11 is 0. The Morgan fingerprint density at radius 2 is 2.17 bits per heavy atom. The van der Waals surface area contributed by atoms with Crippen molar-refractivity contribution in [1.82, 2.24) is 15.6 Å². The van der Waals surface area contributed by atoms with Crippen molar-refractivity contribution in [2.45, 2.75) is 39.0 Å². The Labute approximate surface area is 141 Å². The second-order valence-electron chi connectivity index (χ2n) is 7.36. The number of pyridine rings is 1. The summed E-state index contributed by atoms with van der Waals surface area (Å²) in [6.07, 6.45) is 3.10. The molecule has 3 atom stereocenters. The number of aromatic nitrogens is 1. The van der Waals surface area contributed by atoms with Crippen LogP contribution in [0.5, 0.6) is 0 Å². The Bertz CT molecular complexity index is 769. The number of hydrogen-bond acceptors (Lipinski definition) is 3. The quantitative estimate of drug-likeness (QED) is 0.912. The van der Waals surface area contributed by atoms with E-state index in [2.05, 4.69) is 29.5 Å². The second-order valence-corrected chi connectivity index (χ2v) is 7.36. The van der Waals surface area contributed by atoms with Crippen LogP contribution >= 0.6 is 0 Å². The maximum atomic E-state index is 12.3. The molecule has 1 aromatic carbocycles. The number of benzene rings is 1. The van der Waals surface area contributed by atoms with E-state index in [9.17, 15) is 4.79 Å². The van der Waals surface area contributed by atoms with Crippen molar-refractivity contribution in [3.63, 3.8) is 0 Å². The van der Waals surface area contributed by atoms with Gasteiger partial charge in [-0.2, -0.15) is 0 Å². The summed E-state index contributed by atoms with van der Waals surface area (Å²) in [6, 6.07) is 10.0. The Hall–Kier alpha value is -2.14. The molecule has 1 aliphatic heterocycles. The maximum Gasteiger partial charge on any atom is 0.315 e. The van der Waals surface area contributed by atoms with Crippen LogP contribution in [-0.4, -0.2) is 29.8 Å². The van der Waals surface area contributed by atoms with Crippen molar-refractivity contribution < 1.29 is 9.53 Å². The number of ether oxygens (including phenoxy) is 1. The van der Waals surface area contributed by atoms with Crippen molar-refractivity contribution in [2.24, 2.45) is 11.3 Å². The van der Waals surface area contributed by atoms with Crippen LogP contribution in [0.25, 0.3) is 10.9 Å². The molecule has 0 spiro atoms. The van der Waals surface area contributed by atoms with Gasteiger partial charge in [0.05, 0.1) is 11.6 Å². The largest absolute Gasteiger partial charge is 0.377 e. The normalized spacial score (nSPS) is 27.3. The minimum absolute atomic E-state index is 0.000490. The standard InChI is InChI=1S/C19H23N3O2/c1-19(2)16(14-8-10-24-17(14)19)22-18(23)21-11-13-6-3-5-12-7-4-9-20-15(12)13/h3-7,9,14,16-17H,8,10-11H2,1-2H3,(H2,21,22,23). The average molecular weight is 325 g/mol. The van der Waals surface area contributed by atoms with E-state index in [1.54, 1.807) is 6.20 Å². The predicted octanol–water partition coefficient (Wildman–Crippen LogP) is 2.85. The molecule has 3 unspecified atom stereocenters. The van der Waals surface area contributed by atoms with Gasteiger partial charge in [0.25, 0.3) is 0 Å². The minimum Gasteiger partial charge on any atom is -0.377 e. The highest BCUT2D eigenvalue weighted by molar-refractivity contribution is 5.82. The summed E-state index contributed by atoms with van der Waals surface area (Å²) in [5.74, 6) is 0.449. The molecule has 24 heavy (non-hydrogen) atoms. The molecule has 0 bridgehead atoms. The number of carbonyl (C=O) groups excluding carboxylic acids is 1. The van der Waals surface area contributed by atoms with Gasteiger partial charge in [0.15, 0.2) is 0 Å². The van der Waals surface area contributed by atoms with E-state index >= 15 is 0 Å². The number of nitrogens with zero attached hydrogens (tertiary/aromatic N) is 1. The number of fused-ring (bicyclic) bond motifs is 2. The predicted molar refractivity (Wildman–Crippen MR) is 92.5 cm³/mol. The molecule has 5 heteroatoms. The molecule has 2 aliphatic rings. The van der Waals surface area contributed by atoms with Gasteiger partial charge in [-0.15, -0.1) is 0 Å². The number of amides is 2. The molecule has 1 aromatic heterocycles. The molecule has 1 saturated carbocycles. The van der Waals surface area contributed by atoms with Crippen LogP contribution in [0.15, 0.2) is 36.5 Å². The molecule has 0 radical (unpaired) electrons. The monoisotopic (exact) mass is 325 g/mol. The molecular formula is C19H23N3O2. The van der Waals surface area contributed by atoms with E-state index in [0.717, 1.165) is 29.5 Å². The molecule has 2 N–H and O–H groups in total. The molecule has 1 aliphatic carbocycles. The van der Waals surface area contributed by atoms with Gasteiger partial charge in [-0.05, 0) is 18.1 Å². The molecule has 4 rings (SSSR count). The van der Waals surface area contributed by atoms with Gasteiger partial charge in [0, 0.05) is 42.1 Å². The maximum absolute atomic E-state index is 12.3. The summed E-state index contributed by atoms with van der Waals surface area (Å²) in [5.41, 5.74) is 1.96. The van der Waals surface area contributed by atoms with Crippen molar-refractivity contribution >= 4 is 16.9 Å². The first-order chi connectivity index (χ1) is 11.6. The fourth-order valence-electron chi connectivity index (χ4n) is 4.30. The SMILES string of the molecule is CC1(C)C(NC(=O)NCc2cccc3cccnc23)C2CCOC21. The highest BCUT2D eigenvalue weighted by Crippen LogP contribution is 2.52. The Kier molecular flexibility index (Phi) is 3.68. The summed E-state index contributed by atoms with van der Waals surface area (Å²) in [7, 11) is 0. The number of nitrogens with one attached hydrogen (secondary N) is 2. The third-order valence-corrected chi connectivity index (χ3v) is 5.54. The van der Waals surface area contributed by atoms with Crippen molar-refractivity contribution in [3.05, 3.63) is 42.1 Å². The van der Waals surface area contributed by atoms with E-state index < -0.39 is 0 Å². The minimum atomic E-state index is -0.119. The van der Waals surface area contributed by atoms with Crippen LogP contribution in [0.2, 0.25) is 0 Å². The Morgan fingerprint density at radius 1 is 1.33 bits per heavy atom. The lowest BCUT2D eigenvalue weighted by atomic mass is 9.57. The average Bonchev–Trinajstić information content (AvgIpc) is 3.05. The van der Waals surface area contributed by atoms with E-state index in [1.165, 1.54) is 0 Å². The van der Waals surface area contributed by atoms with Gasteiger partial charge in [0.2, 0.25) is 0 Å². The van der Waals surface area contributed by atoms with Gasteiger partial charge >= 0.3 is 6.03 Å². The fraction of sp³-hybridized carbons (Fsp3) is 0.474. The highest BCUT2D eigenvalue weighted by Gasteiger charge is 2.59. The first kappa shape index (κ1) is 15.4. The lowest BCUT2D eigenvalue weighted by Gasteiger charge is -2.54. The van der Waals surface area contributed by atoms with E-state index in [-0.39, 0.29) is 23.6 Å². The molecular weight excluding hydrogens is 302 g/mol. The molecule has 1 saturated heterocycles. The number of para-hydroxylation sites is 1. The third-order valence-electron chi connectivity index (χ3n) is 5.54. The topological polar surface area (TPSA) is 63.2 Å². The molecule has 5 nitrogen and oxygen atoms in total. The van der Waals surface area contributed by atoms with Gasteiger partial charge < -0.3 is 15.4 Å². The van der Waals surface area contributed by atoms with Gasteiger partial charge in [0.1, 0.15) is 0 Å². The van der Waals surface area contributed by atoms with Crippen molar-refractivity contribution in [1.29, 1.82) is 0 Å². The summed E-state index contributed by atoms with van der Waals surface area (Å²) in [5, 5.41) is 7.21. The smallest absolute Gasteiger partial charge is 0.315 e. The first-order valence-corrected chi connectivity index (χ1v) is 8.56. The van der Waals surface area contributed by atoms with E-state index in [0.29, 0.717) is 12.5 Å². The fourth-order valence-corrected chi connectivity index (χ4v) is 4.30. The van der Waals surface area contributed by atoms with Gasteiger partial charge in [-0.3, -0.25) is 4.98 Å². The molecule has 2 amide bonds. The van der Waals surface area contributed by atoms with Crippen LogP contribution in [0.3, 0.4) is 0 Å². The van der Waals surface area contributed by atoms with Crippen LogP contribution in [0.4, 0.5) is 4.79 Å². The molecule has 2 fully saturated rings. The molecule has 2 aromatic rings. The number of carbonyl (C=O) groups is 1. The zero-order valence-electron chi connectivity index (χ0n) is 14.1. The summed E-state index contributed by atoms with van der Waals surface area (Å²) in [6.45, 7) is 5.61. The van der Waals surface area contributed by atoms with Crippen LogP contribution in [-0.2, 0) is 11.3 Å². The second kappa shape index (κ2) is 5.74. The lowest BCUT2D eigenvalue weighted by Crippen LogP contribution is -2.67. The molecule has 126 valence electrons. The third kappa shape index (κ3) is 2.44. The number of hydrogen-bond donors (Lipinski definition) is 2. The Morgan fingerprint density at radius 3 is 3.04 bits per heavy atom. The number of rotatable bonds is 3. The van der Waals surface area contributed by atoms with E-state index in [4.69, 9.17) is 4.74 Å².